The molecule has 0 aliphatic carbocycles. The normalized spacial score (nSPS) is 19.3. The number of unbranched alkanes of at least 4 members (excludes halogenated alkanes) is 1. The summed E-state index contributed by atoms with van der Waals surface area (Å²) >= 11 is 0. The molecule has 1 rings (SSSR count). The van der Waals surface area contributed by atoms with Gasteiger partial charge in [0, 0.05) is 32.7 Å². The predicted octanol–water partition coefficient (Wildman–Crippen LogP) is 1.36. The largest absolute Gasteiger partial charge is 0.380 e. The van der Waals surface area contributed by atoms with Crippen LogP contribution in [0.15, 0.2) is 4.99 Å². The van der Waals surface area contributed by atoms with E-state index in [0.29, 0.717) is 25.5 Å². The molecule has 1 aliphatic rings. The van der Waals surface area contributed by atoms with Gasteiger partial charge in [0.2, 0.25) is 5.91 Å². The number of piperidine rings is 1. The van der Waals surface area contributed by atoms with Crippen molar-refractivity contribution in [2.24, 2.45) is 16.6 Å². The van der Waals surface area contributed by atoms with Crippen molar-refractivity contribution in [2.75, 3.05) is 39.4 Å². The van der Waals surface area contributed by atoms with E-state index in [1.165, 1.54) is 0 Å². The standard InChI is InChI=1S/C16H32N4O2/c1-3-5-10-22-11-8-19-16(18-4-2)20-9-6-7-14(13-20)12-15(17)21/h14H,3-13H2,1-2H3,(H2,17,21)(H,18,19). The van der Waals surface area contributed by atoms with E-state index in [4.69, 9.17) is 10.5 Å². The van der Waals surface area contributed by atoms with Gasteiger partial charge in [-0.1, -0.05) is 13.3 Å². The Morgan fingerprint density at radius 3 is 2.91 bits per heavy atom. The summed E-state index contributed by atoms with van der Waals surface area (Å²) in [5.74, 6) is 1.06. The zero-order chi connectivity index (χ0) is 16.2. The molecule has 22 heavy (non-hydrogen) atoms. The maximum Gasteiger partial charge on any atom is 0.217 e. The van der Waals surface area contributed by atoms with E-state index in [0.717, 1.165) is 57.9 Å². The van der Waals surface area contributed by atoms with Crippen molar-refractivity contribution in [2.45, 2.75) is 46.0 Å². The summed E-state index contributed by atoms with van der Waals surface area (Å²) < 4.78 is 5.55. The molecule has 1 aliphatic heterocycles. The molecule has 1 saturated heterocycles. The lowest BCUT2D eigenvalue weighted by atomic mass is 9.95. The number of hydrogen-bond acceptors (Lipinski definition) is 3. The molecule has 1 atom stereocenters. The molecule has 3 N–H and O–H groups in total. The molecule has 1 fully saturated rings. The Bertz CT molecular complexity index is 347. The van der Waals surface area contributed by atoms with Crippen LogP contribution in [0.3, 0.4) is 0 Å². The van der Waals surface area contributed by atoms with E-state index in [9.17, 15) is 4.79 Å². The lowest BCUT2D eigenvalue weighted by molar-refractivity contribution is -0.119. The molecule has 128 valence electrons. The number of nitrogens with one attached hydrogen (secondary N) is 1. The minimum absolute atomic E-state index is 0.210. The van der Waals surface area contributed by atoms with E-state index >= 15 is 0 Å². The Balaban J connectivity index is 2.44. The molecule has 6 heteroatoms. The van der Waals surface area contributed by atoms with Crippen molar-refractivity contribution >= 4 is 11.9 Å². The number of primary amides is 1. The molecule has 0 saturated carbocycles. The number of hydrogen-bond donors (Lipinski definition) is 2. The maximum atomic E-state index is 11.1. The molecule has 0 radical (unpaired) electrons. The van der Waals surface area contributed by atoms with Crippen molar-refractivity contribution in [1.29, 1.82) is 0 Å². The van der Waals surface area contributed by atoms with Crippen molar-refractivity contribution < 1.29 is 9.53 Å². The van der Waals surface area contributed by atoms with Gasteiger partial charge in [0.15, 0.2) is 5.96 Å². The summed E-state index contributed by atoms with van der Waals surface area (Å²) in [5.41, 5.74) is 5.32. The number of amides is 1. The number of ether oxygens (including phenoxy) is 1. The van der Waals surface area contributed by atoms with Gasteiger partial charge in [0.1, 0.15) is 0 Å². The van der Waals surface area contributed by atoms with Crippen molar-refractivity contribution in [3.8, 4) is 0 Å². The first kappa shape index (κ1) is 18.7. The Hall–Kier alpha value is -1.30. The van der Waals surface area contributed by atoms with Crippen LogP contribution in [0.5, 0.6) is 0 Å². The zero-order valence-corrected chi connectivity index (χ0v) is 14.1. The van der Waals surface area contributed by atoms with Gasteiger partial charge in [-0.15, -0.1) is 0 Å². The predicted molar refractivity (Wildman–Crippen MR) is 89.8 cm³/mol. The monoisotopic (exact) mass is 312 g/mol. The van der Waals surface area contributed by atoms with Gasteiger partial charge in [-0.2, -0.15) is 0 Å². The highest BCUT2D eigenvalue weighted by molar-refractivity contribution is 5.80. The fourth-order valence-corrected chi connectivity index (χ4v) is 2.70. The van der Waals surface area contributed by atoms with Crippen LogP contribution in [-0.2, 0) is 9.53 Å². The number of aliphatic imine (C=N–C) groups is 1. The maximum absolute atomic E-state index is 11.1. The third-order valence-electron chi connectivity index (χ3n) is 3.78. The van der Waals surface area contributed by atoms with Gasteiger partial charge in [0.25, 0.3) is 0 Å². The van der Waals surface area contributed by atoms with Crippen LogP contribution in [0.25, 0.3) is 0 Å². The van der Waals surface area contributed by atoms with E-state index in [2.05, 4.69) is 29.1 Å². The van der Waals surface area contributed by atoms with Crippen LogP contribution in [0, 0.1) is 5.92 Å². The van der Waals surface area contributed by atoms with Crippen molar-refractivity contribution in [1.82, 2.24) is 10.2 Å². The summed E-state index contributed by atoms with van der Waals surface area (Å²) in [6.07, 6.45) is 4.87. The van der Waals surface area contributed by atoms with E-state index in [1.54, 1.807) is 0 Å². The number of rotatable bonds is 9. The van der Waals surface area contributed by atoms with Crippen LogP contribution in [0.4, 0.5) is 0 Å². The second-order valence-electron chi connectivity index (χ2n) is 5.83. The topological polar surface area (TPSA) is 79.9 Å². The number of guanidine groups is 1. The summed E-state index contributed by atoms with van der Waals surface area (Å²) in [4.78, 5) is 18.0. The van der Waals surface area contributed by atoms with Crippen molar-refractivity contribution in [3.63, 3.8) is 0 Å². The minimum atomic E-state index is -0.210. The Morgan fingerprint density at radius 1 is 1.41 bits per heavy atom. The van der Waals surface area contributed by atoms with Crippen LogP contribution in [0.2, 0.25) is 0 Å². The third kappa shape index (κ3) is 7.64. The zero-order valence-electron chi connectivity index (χ0n) is 14.1. The van der Waals surface area contributed by atoms with Gasteiger partial charge in [-0.05, 0) is 32.1 Å². The summed E-state index contributed by atoms with van der Waals surface area (Å²) in [7, 11) is 0. The lowest BCUT2D eigenvalue weighted by Gasteiger charge is -2.34. The molecule has 0 spiro atoms. The molecular formula is C16H32N4O2. The fraction of sp³-hybridized carbons (Fsp3) is 0.875. The first-order valence-electron chi connectivity index (χ1n) is 8.56. The number of carbonyl (C=O) groups is 1. The van der Waals surface area contributed by atoms with Gasteiger partial charge in [0.05, 0.1) is 13.2 Å². The SMILES string of the molecule is CCCCOCCN=C(NCC)N1CCCC(CC(N)=O)C1. The van der Waals surface area contributed by atoms with E-state index < -0.39 is 0 Å². The number of nitrogens with zero attached hydrogens (tertiary/aromatic N) is 2. The molecule has 0 aromatic carbocycles. The quantitative estimate of drug-likeness (QED) is 0.383. The summed E-state index contributed by atoms with van der Waals surface area (Å²) in [5, 5.41) is 3.33. The van der Waals surface area contributed by atoms with E-state index in [1.807, 2.05) is 0 Å². The molecular weight excluding hydrogens is 280 g/mol. The Labute approximate surface area is 134 Å². The number of carbonyl (C=O) groups excluding carboxylic acids is 1. The van der Waals surface area contributed by atoms with Crippen LogP contribution in [0.1, 0.15) is 46.0 Å². The average Bonchev–Trinajstić information content (AvgIpc) is 2.49. The molecule has 0 bridgehead atoms. The highest BCUT2D eigenvalue weighted by Gasteiger charge is 2.23. The lowest BCUT2D eigenvalue weighted by Crippen LogP contribution is -2.47. The average molecular weight is 312 g/mol. The molecule has 1 heterocycles. The number of likely N-dealkylation sites (tertiary alicyclic amines) is 1. The Morgan fingerprint density at radius 2 is 2.23 bits per heavy atom. The first-order valence-corrected chi connectivity index (χ1v) is 8.56. The summed E-state index contributed by atoms with van der Waals surface area (Å²) in [6.45, 7) is 9.04. The molecule has 0 aromatic heterocycles. The van der Waals surface area contributed by atoms with Crippen molar-refractivity contribution in [3.05, 3.63) is 0 Å². The second-order valence-corrected chi connectivity index (χ2v) is 5.83. The van der Waals surface area contributed by atoms with E-state index in [-0.39, 0.29) is 5.91 Å². The second kappa shape index (κ2) is 11.3. The van der Waals surface area contributed by atoms with Gasteiger partial charge >= 0.3 is 0 Å². The van der Waals surface area contributed by atoms with Crippen LogP contribution >= 0.6 is 0 Å². The van der Waals surface area contributed by atoms with Gasteiger partial charge in [-0.3, -0.25) is 9.79 Å². The third-order valence-corrected chi connectivity index (χ3v) is 3.78. The van der Waals surface area contributed by atoms with Crippen LogP contribution < -0.4 is 11.1 Å². The fourth-order valence-electron chi connectivity index (χ4n) is 2.70. The first-order chi connectivity index (χ1) is 10.7. The highest BCUT2D eigenvalue weighted by Crippen LogP contribution is 2.19. The van der Waals surface area contributed by atoms with Gasteiger partial charge in [-0.25, -0.2) is 0 Å². The van der Waals surface area contributed by atoms with Crippen LogP contribution in [-0.4, -0.2) is 56.2 Å². The minimum Gasteiger partial charge on any atom is -0.380 e. The molecule has 0 aromatic rings. The molecule has 6 nitrogen and oxygen atoms in total. The molecule has 1 amide bonds. The Kier molecular flexibility index (Phi) is 9.62. The summed E-state index contributed by atoms with van der Waals surface area (Å²) in [6, 6.07) is 0. The smallest absolute Gasteiger partial charge is 0.217 e. The van der Waals surface area contributed by atoms with Gasteiger partial charge < -0.3 is 20.7 Å². The molecule has 1 unspecified atom stereocenters. The number of nitrogens with two attached hydrogens (primary N) is 1. The highest BCUT2D eigenvalue weighted by atomic mass is 16.5.